The fraction of sp³-hybridized carbons (Fsp3) is 0.444. The first-order valence-electron chi connectivity index (χ1n) is 7.89. The smallest absolute Gasteiger partial charge is 0.328 e. The van der Waals surface area contributed by atoms with Gasteiger partial charge in [-0.05, 0) is 33.2 Å². The number of hydrogen-bond donors (Lipinski definition) is 2. The SMILES string of the molecule is CCOc1ccccc1OCC(C)CN(C)C.O=C(O)/C=C\C(=O)O. The van der Waals surface area contributed by atoms with Gasteiger partial charge in [-0.2, -0.15) is 0 Å². The standard InChI is InChI=1S/C14H23NO2.C4H4O4/c1-5-16-13-8-6-7-9-14(13)17-11-12(2)10-15(3)4;5-3(6)1-2-4(7)8/h6-9,12H,5,10-11H2,1-4H3;1-2H,(H,5,6)(H,7,8)/b;2-1-. The van der Waals surface area contributed by atoms with E-state index in [1.165, 1.54) is 0 Å². The maximum absolute atomic E-state index is 9.55. The molecule has 0 saturated carbocycles. The topological polar surface area (TPSA) is 96.3 Å². The lowest BCUT2D eigenvalue weighted by Gasteiger charge is -2.18. The van der Waals surface area contributed by atoms with E-state index >= 15 is 0 Å². The molecule has 7 heteroatoms. The Balaban J connectivity index is 0.000000609. The highest BCUT2D eigenvalue weighted by Crippen LogP contribution is 2.26. The van der Waals surface area contributed by atoms with Crippen molar-refractivity contribution in [3.05, 3.63) is 36.4 Å². The quantitative estimate of drug-likeness (QED) is 0.658. The molecule has 0 fully saturated rings. The zero-order valence-corrected chi connectivity index (χ0v) is 15.1. The summed E-state index contributed by atoms with van der Waals surface area (Å²) in [6, 6.07) is 7.82. The summed E-state index contributed by atoms with van der Waals surface area (Å²) in [4.78, 5) is 21.3. The maximum atomic E-state index is 9.55. The van der Waals surface area contributed by atoms with Gasteiger partial charge in [0, 0.05) is 24.6 Å². The van der Waals surface area contributed by atoms with Gasteiger partial charge in [0.1, 0.15) is 0 Å². The summed E-state index contributed by atoms with van der Waals surface area (Å²) < 4.78 is 11.3. The molecule has 25 heavy (non-hydrogen) atoms. The molecule has 7 nitrogen and oxygen atoms in total. The summed E-state index contributed by atoms with van der Waals surface area (Å²) in [5.74, 6) is -0.355. The lowest BCUT2D eigenvalue weighted by atomic mass is 10.2. The monoisotopic (exact) mass is 353 g/mol. The number of benzene rings is 1. The van der Waals surface area contributed by atoms with Gasteiger partial charge in [0.15, 0.2) is 11.5 Å². The lowest BCUT2D eigenvalue weighted by molar-refractivity contribution is -0.134. The van der Waals surface area contributed by atoms with Crippen LogP contribution in [0.5, 0.6) is 11.5 Å². The molecule has 0 aliphatic carbocycles. The number of carboxylic acids is 2. The third-order valence-electron chi connectivity index (χ3n) is 2.72. The largest absolute Gasteiger partial charge is 0.490 e. The third kappa shape index (κ3) is 12.5. The molecular formula is C18H27NO6. The molecular weight excluding hydrogens is 326 g/mol. The van der Waals surface area contributed by atoms with Crippen molar-refractivity contribution in [2.75, 3.05) is 33.9 Å². The molecule has 1 unspecified atom stereocenters. The van der Waals surface area contributed by atoms with Gasteiger partial charge in [0.05, 0.1) is 13.2 Å². The van der Waals surface area contributed by atoms with Crippen LogP contribution < -0.4 is 9.47 Å². The molecule has 0 heterocycles. The molecule has 140 valence electrons. The Hall–Kier alpha value is -2.54. The number of nitrogens with zero attached hydrogens (tertiary/aromatic N) is 1. The van der Waals surface area contributed by atoms with E-state index in [0.29, 0.717) is 31.3 Å². The number of carboxylic acid groups (broad SMARTS) is 2. The van der Waals surface area contributed by atoms with Gasteiger partial charge >= 0.3 is 11.9 Å². The average molecular weight is 353 g/mol. The van der Waals surface area contributed by atoms with E-state index in [4.69, 9.17) is 19.7 Å². The predicted octanol–water partition coefficient (Wildman–Crippen LogP) is 2.37. The maximum Gasteiger partial charge on any atom is 0.328 e. The second-order valence-electron chi connectivity index (χ2n) is 5.57. The Kier molecular flexibility index (Phi) is 11.5. The van der Waals surface area contributed by atoms with E-state index in [1.54, 1.807) is 0 Å². The van der Waals surface area contributed by atoms with Crippen LogP contribution in [0.4, 0.5) is 0 Å². The van der Waals surface area contributed by atoms with Crippen molar-refractivity contribution in [3.8, 4) is 11.5 Å². The molecule has 0 aromatic heterocycles. The highest BCUT2D eigenvalue weighted by atomic mass is 16.5. The van der Waals surface area contributed by atoms with Crippen LogP contribution in [-0.2, 0) is 9.59 Å². The van der Waals surface area contributed by atoms with Gasteiger partial charge in [0.25, 0.3) is 0 Å². The molecule has 0 aliphatic heterocycles. The first kappa shape index (κ1) is 22.5. The summed E-state index contributed by atoms with van der Waals surface area (Å²) in [5, 5.41) is 15.6. The van der Waals surface area contributed by atoms with E-state index in [0.717, 1.165) is 18.0 Å². The van der Waals surface area contributed by atoms with Crippen molar-refractivity contribution < 1.29 is 29.3 Å². The van der Waals surface area contributed by atoms with Crippen LogP contribution in [0.3, 0.4) is 0 Å². The Labute approximate surface area is 148 Å². The van der Waals surface area contributed by atoms with Gasteiger partial charge < -0.3 is 24.6 Å². The van der Waals surface area contributed by atoms with E-state index in [1.807, 2.05) is 31.2 Å². The number of hydrogen-bond acceptors (Lipinski definition) is 5. The first-order valence-corrected chi connectivity index (χ1v) is 7.89. The van der Waals surface area contributed by atoms with Crippen LogP contribution in [-0.4, -0.2) is 60.9 Å². The van der Waals surface area contributed by atoms with Crippen LogP contribution in [0, 0.1) is 5.92 Å². The van der Waals surface area contributed by atoms with Gasteiger partial charge in [-0.15, -0.1) is 0 Å². The number of carbonyl (C=O) groups is 2. The molecule has 0 bridgehead atoms. The predicted molar refractivity (Wildman–Crippen MR) is 95.2 cm³/mol. The molecule has 1 atom stereocenters. The van der Waals surface area contributed by atoms with E-state index in [-0.39, 0.29) is 0 Å². The van der Waals surface area contributed by atoms with Gasteiger partial charge in [-0.3, -0.25) is 0 Å². The minimum atomic E-state index is -1.26. The zero-order valence-electron chi connectivity index (χ0n) is 15.1. The summed E-state index contributed by atoms with van der Waals surface area (Å²) in [6.07, 6.45) is 1.12. The second kappa shape index (κ2) is 12.8. The van der Waals surface area contributed by atoms with Crippen LogP contribution >= 0.6 is 0 Å². The summed E-state index contributed by atoms with van der Waals surface area (Å²) in [7, 11) is 4.15. The van der Waals surface area contributed by atoms with Crippen LogP contribution in [0.1, 0.15) is 13.8 Å². The Morgan fingerprint density at radius 2 is 1.56 bits per heavy atom. The molecule has 0 amide bonds. The van der Waals surface area contributed by atoms with Crippen molar-refractivity contribution in [3.63, 3.8) is 0 Å². The third-order valence-corrected chi connectivity index (χ3v) is 2.72. The van der Waals surface area contributed by atoms with Crippen LogP contribution in [0.15, 0.2) is 36.4 Å². The minimum Gasteiger partial charge on any atom is -0.490 e. The molecule has 2 N–H and O–H groups in total. The van der Waals surface area contributed by atoms with Crippen molar-refractivity contribution >= 4 is 11.9 Å². The van der Waals surface area contributed by atoms with E-state index < -0.39 is 11.9 Å². The first-order chi connectivity index (χ1) is 11.8. The minimum absolute atomic E-state index is 0.500. The van der Waals surface area contributed by atoms with Crippen LogP contribution in [0.25, 0.3) is 0 Å². The summed E-state index contributed by atoms with van der Waals surface area (Å²) >= 11 is 0. The van der Waals surface area contributed by atoms with Crippen molar-refractivity contribution in [2.45, 2.75) is 13.8 Å². The van der Waals surface area contributed by atoms with Gasteiger partial charge in [-0.1, -0.05) is 19.1 Å². The van der Waals surface area contributed by atoms with Gasteiger partial charge in [-0.25, -0.2) is 9.59 Å². The number of rotatable bonds is 9. The number of aliphatic carboxylic acids is 2. The number of ether oxygens (including phenoxy) is 2. The Bertz CT molecular complexity index is 540. The normalized spacial score (nSPS) is 11.6. The fourth-order valence-corrected chi connectivity index (χ4v) is 1.89. The molecule has 1 rings (SSSR count). The highest BCUT2D eigenvalue weighted by molar-refractivity contribution is 5.89. The fourth-order valence-electron chi connectivity index (χ4n) is 1.89. The van der Waals surface area contributed by atoms with Crippen molar-refractivity contribution in [1.29, 1.82) is 0 Å². The summed E-state index contributed by atoms with van der Waals surface area (Å²) in [5.41, 5.74) is 0. The highest BCUT2D eigenvalue weighted by Gasteiger charge is 2.07. The Morgan fingerprint density at radius 1 is 1.08 bits per heavy atom. The molecule has 0 spiro atoms. The van der Waals surface area contributed by atoms with Gasteiger partial charge in [0.2, 0.25) is 0 Å². The second-order valence-corrected chi connectivity index (χ2v) is 5.57. The van der Waals surface area contributed by atoms with Crippen molar-refractivity contribution in [2.24, 2.45) is 5.92 Å². The van der Waals surface area contributed by atoms with E-state index in [2.05, 4.69) is 25.9 Å². The molecule has 0 radical (unpaired) electrons. The zero-order chi connectivity index (χ0) is 19.2. The molecule has 0 saturated heterocycles. The lowest BCUT2D eigenvalue weighted by Crippen LogP contribution is -2.24. The van der Waals surface area contributed by atoms with Crippen LogP contribution in [0.2, 0.25) is 0 Å². The van der Waals surface area contributed by atoms with E-state index in [9.17, 15) is 9.59 Å². The molecule has 1 aromatic rings. The Morgan fingerprint density at radius 3 is 1.96 bits per heavy atom. The van der Waals surface area contributed by atoms with Crippen molar-refractivity contribution in [1.82, 2.24) is 4.90 Å². The summed E-state index contributed by atoms with van der Waals surface area (Å²) in [6.45, 7) is 6.56. The molecule has 0 aliphatic rings. The molecule has 1 aromatic carbocycles. The number of para-hydroxylation sites is 2. The average Bonchev–Trinajstić information content (AvgIpc) is 2.52.